The molecule has 4 aromatic rings. The number of phenolic OH excluding ortho intramolecular Hbond substituents is 2. The third-order valence-corrected chi connectivity index (χ3v) is 6.01. The molecule has 0 unspecified atom stereocenters. The quantitative estimate of drug-likeness (QED) is 0.351. The average Bonchev–Trinajstić information content (AvgIpc) is 3.26. The molecule has 0 atom stereocenters. The fourth-order valence-corrected chi connectivity index (χ4v) is 4.18. The van der Waals surface area contributed by atoms with E-state index in [0.29, 0.717) is 37.2 Å². The van der Waals surface area contributed by atoms with Gasteiger partial charge in [-0.25, -0.2) is 9.78 Å². The molecule has 0 spiro atoms. The largest absolute Gasteiger partial charge is 0.507 e. The molecular formula is C25H27N5O5. The number of nitrogens with zero attached hydrogens (tertiary/aromatic N) is 5. The predicted molar refractivity (Wildman–Crippen MR) is 131 cm³/mol. The smallest absolute Gasteiger partial charge is 0.332 e. The SMILES string of the molecule is Cn1c(=O)c2c(ncn2CCCN(CC(=O)c2c(O)cccc2O)Cc2ccccc2)n(C)c1=O. The van der Waals surface area contributed by atoms with Crippen LogP contribution in [0.15, 0.2) is 64.4 Å². The zero-order valence-corrected chi connectivity index (χ0v) is 19.6. The van der Waals surface area contributed by atoms with Gasteiger partial charge in [0, 0.05) is 33.7 Å². The first kappa shape index (κ1) is 24.0. The number of fused-ring (bicyclic) bond motifs is 1. The number of carbonyl (C=O) groups is 1. The summed E-state index contributed by atoms with van der Waals surface area (Å²) in [6, 6.07) is 13.9. The summed E-state index contributed by atoms with van der Waals surface area (Å²) in [6.07, 6.45) is 2.13. The number of ketones is 1. The summed E-state index contributed by atoms with van der Waals surface area (Å²) in [4.78, 5) is 44.0. The Labute approximate surface area is 200 Å². The number of benzene rings is 2. The van der Waals surface area contributed by atoms with Crippen molar-refractivity contribution >= 4 is 16.9 Å². The lowest BCUT2D eigenvalue weighted by molar-refractivity contribution is 0.0918. The van der Waals surface area contributed by atoms with E-state index in [-0.39, 0.29) is 23.6 Å². The minimum Gasteiger partial charge on any atom is -0.507 e. The number of rotatable bonds is 9. The molecule has 0 saturated heterocycles. The van der Waals surface area contributed by atoms with E-state index in [1.807, 2.05) is 35.2 Å². The number of Topliss-reactive ketones (excluding diaryl/α,β-unsaturated/α-hetero) is 1. The van der Waals surface area contributed by atoms with E-state index in [4.69, 9.17) is 0 Å². The Morgan fingerprint density at radius 2 is 1.66 bits per heavy atom. The van der Waals surface area contributed by atoms with Gasteiger partial charge in [-0.15, -0.1) is 0 Å². The Balaban J connectivity index is 1.54. The maximum Gasteiger partial charge on any atom is 0.332 e. The van der Waals surface area contributed by atoms with Crippen molar-refractivity contribution in [1.82, 2.24) is 23.6 Å². The fraction of sp³-hybridized carbons (Fsp3) is 0.280. The summed E-state index contributed by atoms with van der Waals surface area (Å²) in [6.45, 7) is 1.43. The van der Waals surface area contributed by atoms with E-state index in [9.17, 15) is 24.6 Å². The van der Waals surface area contributed by atoms with Crippen LogP contribution in [0.1, 0.15) is 22.3 Å². The van der Waals surface area contributed by atoms with Crippen LogP contribution in [0.25, 0.3) is 11.2 Å². The number of hydrogen-bond donors (Lipinski definition) is 2. The zero-order chi connectivity index (χ0) is 25.1. The van der Waals surface area contributed by atoms with Crippen molar-refractivity contribution in [1.29, 1.82) is 0 Å². The lowest BCUT2D eigenvalue weighted by Crippen LogP contribution is -2.37. The molecule has 10 heteroatoms. The molecule has 0 aliphatic rings. The Bertz CT molecular complexity index is 1470. The average molecular weight is 478 g/mol. The van der Waals surface area contributed by atoms with Gasteiger partial charge in [0.15, 0.2) is 16.9 Å². The molecule has 0 bridgehead atoms. The molecular weight excluding hydrogens is 450 g/mol. The van der Waals surface area contributed by atoms with E-state index < -0.39 is 17.0 Å². The first-order chi connectivity index (χ1) is 16.8. The van der Waals surface area contributed by atoms with E-state index >= 15 is 0 Å². The molecule has 0 aliphatic carbocycles. The number of aryl methyl sites for hydroxylation is 2. The topological polar surface area (TPSA) is 123 Å². The Morgan fingerprint density at radius 3 is 2.34 bits per heavy atom. The maximum atomic E-state index is 13.0. The molecule has 2 heterocycles. The van der Waals surface area contributed by atoms with Gasteiger partial charge in [-0.3, -0.25) is 23.6 Å². The molecule has 0 fully saturated rings. The molecule has 2 N–H and O–H groups in total. The number of carbonyl (C=O) groups excluding carboxylic acids is 1. The van der Waals surface area contributed by atoms with Crippen LogP contribution in [-0.4, -0.2) is 52.7 Å². The van der Waals surface area contributed by atoms with Crippen LogP contribution in [0.2, 0.25) is 0 Å². The number of phenols is 2. The van der Waals surface area contributed by atoms with Gasteiger partial charge in [-0.2, -0.15) is 0 Å². The maximum absolute atomic E-state index is 13.0. The molecule has 2 aromatic heterocycles. The van der Waals surface area contributed by atoms with Gasteiger partial charge in [0.1, 0.15) is 17.1 Å². The fourth-order valence-electron chi connectivity index (χ4n) is 4.18. The van der Waals surface area contributed by atoms with Crippen LogP contribution >= 0.6 is 0 Å². The van der Waals surface area contributed by atoms with Crippen molar-refractivity contribution in [3.05, 3.63) is 86.8 Å². The van der Waals surface area contributed by atoms with E-state index in [0.717, 1.165) is 10.1 Å². The van der Waals surface area contributed by atoms with Crippen molar-refractivity contribution in [2.24, 2.45) is 14.1 Å². The van der Waals surface area contributed by atoms with Crippen molar-refractivity contribution in [3.8, 4) is 11.5 Å². The van der Waals surface area contributed by atoms with Crippen LogP contribution in [-0.2, 0) is 27.2 Å². The standard InChI is InChI=1S/C25H27N5O5/c1-27-23-22(24(34)28(2)25(27)35)30(16-26-23)13-7-12-29(14-17-8-4-3-5-9-17)15-20(33)21-18(31)10-6-11-19(21)32/h3-6,8-11,16,31-32H,7,12-15H2,1-2H3. The third kappa shape index (κ3) is 4.87. The Morgan fingerprint density at radius 1 is 0.971 bits per heavy atom. The highest BCUT2D eigenvalue weighted by Gasteiger charge is 2.20. The van der Waals surface area contributed by atoms with Crippen LogP contribution < -0.4 is 11.2 Å². The van der Waals surface area contributed by atoms with Gasteiger partial charge >= 0.3 is 5.69 Å². The predicted octanol–water partition coefficient (Wildman–Crippen LogP) is 1.62. The van der Waals surface area contributed by atoms with E-state index in [1.54, 1.807) is 11.6 Å². The van der Waals surface area contributed by atoms with Gasteiger partial charge in [0.2, 0.25) is 0 Å². The van der Waals surface area contributed by atoms with Crippen molar-refractivity contribution in [2.75, 3.05) is 13.1 Å². The van der Waals surface area contributed by atoms with E-state index in [2.05, 4.69) is 4.98 Å². The highest BCUT2D eigenvalue weighted by molar-refractivity contribution is 6.02. The highest BCUT2D eigenvalue weighted by atomic mass is 16.3. The molecule has 0 radical (unpaired) electrons. The van der Waals surface area contributed by atoms with Crippen molar-refractivity contribution < 1.29 is 15.0 Å². The van der Waals surface area contributed by atoms with Crippen LogP contribution in [0.3, 0.4) is 0 Å². The third-order valence-electron chi connectivity index (χ3n) is 6.01. The Hall–Kier alpha value is -4.18. The van der Waals surface area contributed by atoms with Crippen molar-refractivity contribution in [3.63, 3.8) is 0 Å². The minimum absolute atomic E-state index is 0.0129. The summed E-state index contributed by atoms with van der Waals surface area (Å²) in [5, 5.41) is 20.2. The summed E-state index contributed by atoms with van der Waals surface area (Å²) >= 11 is 0. The second kappa shape index (κ2) is 9.98. The van der Waals surface area contributed by atoms with Crippen LogP contribution in [0, 0.1) is 0 Å². The van der Waals surface area contributed by atoms with Crippen molar-refractivity contribution in [2.45, 2.75) is 19.5 Å². The van der Waals surface area contributed by atoms with Crippen LogP contribution in [0.4, 0.5) is 0 Å². The second-order valence-corrected chi connectivity index (χ2v) is 8.46. The molecule has 182 valence electrons. The van der Waals surface area contributed by atoms with Gasteiger partial charge in [0.05, 0.1) is 12.9 Å². The first-order valence-corrected chi connectivity index (χ1v) is 11.2. The lowest BCUT2D eigenvalue weighted by Gasteiger charge is -2.22. The summed E-state index contributed by atoms with van der Waals surface area (Å²) in [5.74, 6) is -0.921. The lowest BCUT2D eigenvalue weighted by atomic mass is 10.1. The van der Waals surface area contributed by atoms with Gasteiger partial charge in [-0.05, 0) is 24.1 Å². The number of aromatic hydroxyl groups is 2. The monoisotopic (exact) mass is 477 g/mol. The molecule has 0 aliphatic heterocycles. The second-order valence-electron chi connectivity index (χ2n) is 8.46. The molecule has 4 rings (SSSR count). The summed E-state index contributed by atoms with van der Waals surface area (Å²) in [7, 11) is 3.01. The van der Waals surface area contributed by atoms with Gasteiger partial charge in [0.25, 0.3) is 5.56 Å². The number of hydrogen-bond acceptors (Lipinski definition) is 7. The molecule has 0 amide bonds. The number of imidazole rings is 1. The molecule has 2 aromatic carbocycles. The van der Waals surface area contributed by atoms with Gasteiger partial charge in [-0.1, -0.05) is 36.4 Å². The van der Waals surface area contributed by atoms with Crippen LogP contribution in [0.5, 0.6) is 11.5 Å². The highest BCUT2D eigenvalue weighted by Crippen LogP contribution is 2.27. The Kier molecular flexibility index (Phi) is 6.83. The summed E-state index contributed by atoms with van der Waals surface area (Å²) < 4.78 is 4.11. The summed E-state index contributed by atoms with van der Waals surface area (Å²) in [5.41, 5.74) is 0.734. The molecule has 0 saturated carbocycles. The normalized spacial score (nSPS) is 11.4. The number of aromatic nitrogens is 4. The zero-order valence-electron chi connectivity index (χ0n) is 19.6. The molecule has 35 heavy (non-hydrogen) atoms. The first-order valence-electron chi connectivity index (χ1n) is 11.2. The minimum atomic E-state index is -0.437. The van der Waals surface area contributed by atoms with E-state index in [1.165, 1.54) is 36.1 Å². The molecule has 10 nitrogen and oxygen atoms in total. The van der Waals surface area contributed by atoms with Gasteiger partial charge < -0.3 is 14.8 Å².